The van der Waals surface area contributed by atoms with E-state index < -0.39 is 5.82 Å². The summed E-state index contributed by atoms with van der Waals surface area (Å²) < 4.78 is 24.0. The largest absolute Gasteiger partial charge is 0.493 e. The summed E-state index contributed by atoms with van der Waals surface area (Å²) in [5.74, 6) is -0.514. The zero-order chi connectivity index (χ0) is 12.6. The van der Waals surface area contributed by atoms with Gasteiger partial charge in [0, 0.05) is 6.07 Å². The minimum absolute atomic E-state index is 0.0483. The van der Waals surface area contributed by atoms with E-state index in [1.165, 1.54) is 20.3 Å². The first-order chi connectivity index (χ1) is 8.08. The van der Waals surface area contributed by atoms with Gasteiger partial charge in [0.1, 0.15) is 5.15 Å². The molecule has 0 spiro atoms. The molecular formula is C10H7Cl2FN2O2. The number of halogens is 3. The zero-order valence-electron chi connectivity index (χ0n) is 8.92. The van der Waals surface area contributed by atoms with Gasteiger partial charge < -0.3 is 9.47 Å². The van der Waals surface area contributed by atoms with E-state index in [4.69, 9.17) is 32.7 Å². The molecule has 4 nitrogen and oxygen atoms in total. The highest BCUT2D eigenvalue weighted by Gasteiger charge is 2.19. The molecule has 0 aliphatic carbocycles. The lowest BCUT2D eigenvalue weighted by Crippen LogP contribution is -1.97. The van der Waals surface area contributed by atoms with E-state index in [2.05, 4.69) is 9.97 Å². The Bertz CT molecular complexity index is 592. The topological polar surface area (TPSA) is 44.2 Å². The number of nitrogens with zero attached hydrogens (tertiary/aromatic N) is 2. The Morgan fingerprint density at radius 3 is 2.47 bits per heavy atom. The molecule has 7 heteroatoms. The van der Waals surface area contributed by atoms with E-state index in [1.807, 2.05) is 0 Å². The van der Waals surface area contributed by atoms with Crippen molar-refractivity contribution >= 4 is 34.1 Å². The van der Waals surface area contributed by atoms with Crippen molar-refractivity contribution in [2.75, 3.05) is 14.2 Å². The summed E-state index contributed by atoms with van der Waals surface area (Å²) in [6.07, 6.45) is 0. The van der Waals surface area contributed by atoms with Gasteiger partial charge in [-0.15, -0.1) is 0 Å². The molecule has 1 heterocycles. The Hall–Kier alpha value is -1.33. The lowest BCUT2D eigenvalue weighted by molar-refractivity contribution is 0.339. The van der Waals surface area contributed by atoms with Crippen molar-refractivity contribution in [3.05, 3.63) is 22.3 Å². The van der Waals surface area contributed by atoms with Crippen LogP contribution in [0.5, 0.6) is 11.5 Å². The van der Waals surface area contributed by atoms with Crippen LogP contribution in [0.1, 0.15) is 0 Å². The van der Waals surface area contributed by atoms with Gasteiger partial charge in [0.05, 0.1) is 25.1 Å². The Kier molecular flexibility index (Phi) is 3.22. The average Bonchev–Trinajstić information content (AvgIpc) is 2.27. The lowest BCUT2D eigenvalue weighted by Gasteiger charge is -2.11. The van der Waals surface area contributed by atoms with E-state index in [1.54, 1.807) is 0 Å². The summed E-state index contributed by atoms with van der Waals surface area (Å²) in [5, 5.41) is -0.0821. The number of hydrogen-bond donors (Lipinski definition) is 0. The normalized spacial score (nSPS) is 10.6. The van der Waals surface area contributed by atoms with Gasteiger partial charge in [0.2, 0.25) is 5.28 Å². The summed E-state index contributed by atoms with van der Waals surface area (Å²) in [4.78, 5) is 7.55. The fourth-order valence-corrected chi connectivity index (χ4v) is 1.96. The van der Waals surface area contributed by atoms with Crippen molar-refractivity contribution in [3.8, 4) is 11.5 Å². The van der Waals surface area contributed by atoms with Crippen molar-refractivity contribution in [2.45, 2.75) is 0 Å². The maximum absolute atomic E-state index is 14.1. The van der Waals surface area contributed by atoms with Crippen LogP contribution in [0.2, 0.25) is 10.4 Å². The standard InChI is InChI=1S/C10H7Cl2FN2O2/c1-16-5-3-4-6(7(13)8(5)17-2)9(11)15-10(12)14-4/h3H,1-2H3. The summed E-state index contributed by atoms with van der Waals surface area (Å²) >= 11 is 11.5. The molecule has 0 radical (unpaired) electrons. The van der Waals surface area contributed by atoms with E-state index in [0.717, 1.165) is 0 Å². The second kappa shape index (κ2) is 4.50. The van der Waals surface area contributed by atoms with Gasteiger partial charge in [0.15, 0.2) is 17.3 Å². The monoisotopic (exact) mass is 276 g/mol. The highest BCUT2D eigenvalue weighted by molar-refractivity contribution is 6.35. The molecular weight excluding hydrogens is 270 g/mol. The third-order valence-corrected chi connectivity index (χ3v) is 2.64. The SMILES string of the molecule is COc1cc2nc(Cl)nc(Cl)c2c(F)c1OC. The lowest BCUT2D eigenvalue weighted by atomic mass is 10.2. The molecule has 0 amide bonds. The molecule has 90 valence electrons. The number of hydrogen-bond acceptors (Lipinski definition) is 4. The van der Waals surface area contributed by atoms with Crippen molar-refractivity contribution < 1.29 is 13.9 Å². The summed E-state index contributed by atoms with van der Waals surface area (Å²) in [6, 6.07) is 1.48. The molecule has 0 saturated heterocycles. The predicted octanol–water partition coefficient (Wildman–Crippen LogP) is 3.09. The Morgan fingerprint density at radius 1 is 1.18 bits per heavy atom. The smallest absolute Gasteiger partial charge is 0.224 e. The van der Waals surface area contributed by atoms with Crippen LogP contribution in [0.15, 0.2) is 6.07 Å². The number of rotatable bonds is 2. The molecule has 0 bridgehead atoms. The minimum Gasteiger partial charge on any atom is -0.493 e. The van der Waals surface area contributed by atoms with Crippen LogP contribution in [0.3, 0.4) is 0 Å². The van der Waals surface area contributed by atoms with Gasteiger partial charge in [-0.3, -0.25) is 0 Å². The van der Waals surface area contributed by atoms with Gasteiger partial charge in [-0.1, -0.05) is 11.6 Å². The first kappa shape index (κ1) is 12.1. The second-order valence-corrected chi connectivity index (χ2v) is 3.80. The second-order valence-electron chi connectivity index (χ2n) is 3.10. The van der Waals surface area contributed by atoms with Crippen molar-refractivity contribution in [3.63, 3.8) is 0 Å². The predicted molar refractivity (Wildman–Crippen MR) is 62.6 cm³/mol. The van der Waals surface area contributed by atoms with E-state index in [0.29, 0.717) is 0 Å². The number of fused-ring (bicyclic) bond motifs is 1. The van der Waals surface area contributed by atoms with Crippen LogP contribution >= 0.6 is 23.2 Å². The van der Waals surface area contributed by atoms with E-state index >= 15 is 0 Å². The average molecular weight is 277 g/mol. The van der Waals surface area contributed by atoms with Gasteiger partial charge in [-0.2, -0.15) is 0 Å². The van der Waals surface area contributed by atoms with Crippen LogP contribution in [0.25, 0.3) is 10.9 Å². The van der Waals surface area contributed by atoms with Gasteiger partial charge in [0.25, 0.3) is 0 Å². The number of aromatic nitrogens is 2. The summed E-state index contributed by atoms with van der Waals surface area (Å²) in [6.45, 7) is 0. The molecule has 0 unspecified atom stereocenters. The molecule has 1 aromatic carbocycles. The van der Waals surface area contributed by atoms with Crippen molar-refractivity contribution in [2.24, 2.45) is 0 Å². The third-order valence-electron chi connectivity index (χ3n) is 2.20. The maximum Gasteiger partial charge on any atom is 0.224 e. The van der Waals surface area contributed by atoms with Crippen LogP contribution in [0, 0.1) is 5.82 Å². The molecule has 0 aliphatic heterocycles. The first-order valence-corrected chi connectivity index (χ1v) is 5.27. The first-order valence-electron chi connectivity index (χ1n) is 4.51. The molecule has 2 rings (SSSR count). The maximum atomic E-state index is 14.1. The summed E-state index contributed by atoms with van der Waals surface area (Å²) in [5.41, 5.74) is 0.255. The van der Waals surface area contributed by atoms with Crippen molar-refractivity contribution in [1.29, 1.82) is 0 Å². The molecule has 1 aromatic heterocycles. The Balaban J connectivity index is 2.90. The number of benzene rings is 1. The van der Waals surface area contributed by atoms with Crippen molar-refractivity contribution in [1.82, 2.24) is 9.97 Å². The molecule has 0 N–H and O–H groups in total. The minimum atomic E-state index is -0.677. The fourth-order valence-electron chi connectivity index (χ4n) is 1.48. The quantitative estimate of drug-likeness (QED) is 0.625. The van der Waals surface area contributed by atoms with Crippen LogP contribution in [-0.4, -0.2) is 24.2 Å². The fraction of sp³-hybridized carbons (Fsp3) is 0.200. The highest BCUT2D eigenvalue weighted by Crippen LogP contribution is 2.37. The van der Waals surface area contributed by atoms with E-state index in [9.17, 15) is 4.39 Å². The molecule has 17 heavy (non-hydrogen) atoms. The highest BCUT2D eigenvalue weighted by atomic mass is 35.5. The molecule has 2 aromatic rings. The molecule has 0 fully saturated rings. The van der Waals surface area contributed by atoms with E-state index in [-0.39, 0.29) is 32.8 Å². The van der Waals surface area contributed by atoms with Crippen LogP contribution < -0.4 is 9.47 Å². The third kappa shape index (κ3) is 1.96. The van der Waals surface area contributed by atoms with Gasteiger partial charge in [-0.25, -0.2) is 14.4 Å². The Morgan fingerprint density at radius 2 is 1.88 bits per heavy atom. The summed E-state index contributed by atoms with van der Waals surface area (Å²) in [7, 11) is 2.73. The molecule has 0 atom stereocenters. The number of ether oxygens (including phenoxy) is 2. The van der Waals surface area contributed by atoms with Gasteiger partial charge in [-0.05, 0) is 11.6 Å². The van der Waals surface area contributed by atoms with Crippen LogP contribution in [0.4, 0.5) is 4.39 Å². The van der Waals surface area contributed by atoms with Gasteiger partial charge >= 0.3 is 0 Å². The number of methoxy groups -OCH3 is 2. The zero-order valence-corrected chi connectivity index (χ0v) is 10.4. The Labute approximate surface area is 106 Å². The van der Waals surface area contributed by atoms with Crippen LogP contribution in [-0.2, 0) is 0 Å². The molecule has 0 saturated carbocycles. The molecule has 0 aliphatic rings.